The van der Waals surface area contributed by atoms with Crippen molar-refractivity contribution < 1.29 is 9.26 Å². The van der Waals surface area contributed by atoms with Gasteiger partial charge in [0, 0.05) is 13.1 Å². The van der Waals surface area contributed by atoms with Gasteiger partial charge < -0.3 is 14.2 Å². The third kappa shape index (κ3) is 2.18. The lowest BCUT2D eigenvalue weighted by Crippen LogP contribution is -2.35. The molecule has 0 unspecified atom stereocenters. The molecule has 0 radical (unpaired) electrons. The molecule has 1 aromatic carbocycles. The summed E-state index contributed by atoms with van der Waals surface area (Å²) in [6, 6.07) is 5.58. The van der Waals surface area contributed by atoms with E-state index in [9.17, 15) is 0 Å². The topological polar surface area (TPSA) is 38.5 Å². The van der Waals surface area contributed by atoms with Crippen molar-refractivity contribution in [3.8, 4) is 5.88 Å². The zero-order chi connectivity index (χ0) is 12.5. The number of nitrogens with zero attached hydrogens (tertiary/aromatic N) is 2. The average Bonchev–Trinajstić information content (AvgIpc) is 2.77. The van der Waals surface area contributed by atoms with Gasteiger partial charge in [0.05, 0.1) is 10.4 Å². The molecule has 0 aliphatic carbocycles. The van der Waals surface area contributed by atoms with Crippen LogP contribution in [0.4, 0.5) is 0 Å². The van der Waals surface area contributed by atoms with E-state index in [0.29, 0.717) is 16.5 Å². The molecule has 2 aromatic rings. The quantitative estimate of drug-likeness (QED) is 0.838. The monoisotopic (exact) mass is 266 g/mol. The van der Waals surface area contributed by atoms with Gasteiger partial charge in [-0.15, -0.1) is 0 Å². The second-order valence-corrected chi connectivity index (χ2v) is 5.13. The molecule has 0 atom stereocenters. The lowest BCUT2D eigenvalue weighted by atomic mass is 10.1. The second-order valence-electron chi connectivity index (χ2n) is 4.72. The summed E-state index contributed by atoms with van der Waals surface area (Å²) in [5.74, 6) is 0.557. The first-order valence-corrected chi connectivity index (χ1v) is 6.51. The molecule has 1 aliphatic heterocycles. The van der Waals surface area contributed by atoms with Crippen LogP contribution >= 0.6 is 11.6 Å². The Morgan fingerprint density at radius 1 is 1.39 bits per heavy atom. The van der Waals surface area contributed by atoms with E-state index >= 15 is 0 Å². The molecule has 1 aliphatic rings. The Hall–Kier alpha value is -1.26. The van der Waals surface area contributed by atoms with Crippen LogP contribution in [-0.2, 0) is 0 Å². The molecule has 1 aromatic heterocycles. The molecule has 0 spiro atoms. The highest BCUT2D eigenvalue weighted by atomic mass is 35.5. The van der Waals surface area contributed by atoms with Crippen molar-refractivity contribution in [3.05, 3.63) is 23.2 Å². The maximum atomic E-state index is 6.04. The van der Waals surface area contributed by atoms with Crippen LogP contribution in [-0.4, -0.2) is 36.3 Å². The van der Waals surface area contributed by atoms with Crippen molar-refractivity contribution in [2.75, 3.05) is 20.1 Å². The number of fused-ring (bicyclic) bond motifs is 1. The first-order valence-electron chi connectivity index (χ1n) is 6.13. The van der Waals surface area contributed by atoms with E-state index in [0.717, 1.165) is 31.3 Å². The first kappa shape index (κ1) is 11.8. The normalized spacial score (nSPS) is 18.3. The molecule has 4 nitrogen and oxygen atoms in total. The highest BCUT2D eigenvalue weighted by Crippen LogP contribution is 2.31. The van der Waals surface area contributed by atoms with E-state index < -0.39 is 0 Å². The van der Waals surface area contributed by atoms with Gasteiger partial charge in [0.25, 0.3) is 5.88 Å². The van der Waals surface area contributed by atoms with E-state index in [1.807, 2.05) is 12.1 Å². The van der Waals surface area contributed by atoms with Crippen LogP contribution in [0.3, 0.4) is 0 Å². The number of rotatable bonds is 2. The Kier molecular flexibility index (Phi) is 3.14. The van der Waals surface area contributed by atoms with Crippen LogP contribution in [0.1, 0.15) is 12.8 Å². The molecule has 1 saturated heterocycles. The van der Waals surface area contributed by atoms with E-state index in [1.54, 1.807) is 6.07 Å². The molecular weight excluding hydrogens is 252 g/mol. The number of para-hydroxylation sites is 1. The van der Waals surface area contributed by atoms with Gasteiger partial charge in [-0.1, -0.05) is 17.7 Å². The highest BCUT2D eigenvalue weighted by molar-refractivity contribution is 6.34. The molecule has 3 rings (SSSR count). The predicted molar refractivity (Wildman–Crippen MR) is 70.2 cm³/mol. The molecule has 0 amide bonds. The van der Waals surface area contributed by atoms with Crippen molar-refractivity contribution in [2.45, 2.75) is 18.9 Å². The Morgan fingerprint density at radius 2 is 2.17 bits per heavy atom. The van der Waals surface area contributed by atoms with Gasteiger partial charge in [-0.3, -0.25) is 0 Å². The number of halogens is 1. The van der Waals surface area contributed by atoms with Gasteiger partial charge in [-0.2, -0.15) is 0 Å². The molecule has 96 valence electrons. The summed E-state index contributed by atoms with van der Waals surface area (Å²) < 4.78 is 11.1. The molecule has 1 fully saturated rings. The molecule has 18 heavy (non-hydrogen) atoms. The Labute approximate surface area is 110 Å². The van der Waals surface area contributed by atoms with Crippen LogP contribution in [0.15, 0.2) is 22.7 Å². The highest BCUT2D eigenvalue weighted by Gasteiger charge is 2.21. The molecule has 0 N–H and O–H groups in total. The minimum absolute atomic E-state index is 0.216. The Balaban J connectivity index is 1.81. The van der Waals surface area contributed by atoms with Crippen LogP contribution in [0.25, 0.3) is 11.0 Å². The summed E-state index contributed by atoms with van der Waals surface area (Å²) in [6.45, 7) is 2.11. The van der Waals surface area contributed by atoms with Gasteiger partial charge >= 0.3 is 0 Å². The number of likely N-dealkylation sites (tertiary alicyclic amines) is 1. The van der Waals surface area contributed by atoms with Gasteiger partial charge in [0.2, 0.25) is 0 Å². The fraction of sp³-hybridized carbons (Fsp3) is 0.462. The predicted octanol–water partition coefficient (Wildman–Crippen LogP) is 2.95. The van der Waals surface area contributed by atoms with Crippen LogP contribution < -0.4 is 4.74 Å². The third-order valence-corrected chi connectivity index (χ3v) is 3.66. The summed E-state index contributed by atoms with van der Waals surface area (Å²) in [5, 5.41) is 5.39. The van der Waals surface area contributed by atoms with Crippen molar-refractivity contribution in [2.24, 2.45) is 0 Å². The van der Waals surface area contributed by atoms with Crippen molar-refractivity contribution in [1.29, 1.82) is 0 Å². The summed E-state index contributed by atoms with van der Waals surface area (Å²) in [7, 11) is 2.13. The molecule has 2 heterocycles. The fourth-order valence-corrected chi connectivity index (χ4v) is 2.46. The number of hydrogen-bond acceptors (Lipinski definition) is 4. The second kappa shape index (κ2) is 4.78. The summed E-state index contributed by atoms with van der Waals surface area (Å²) in [6.07, 6.45) is 2.25. The standard InChI is InChI=1S/C13H15ClN2O2/c1-16-7-5-9(6-8-16)17-13-10-3-2-4-11(14)12(10)18-15-13/h2-4,9H,5-8H2,1H3. The summed E-state index contributed by atoms with van der Waals surface area (Å²) >= 11 is 6.04. The van der Waals surface area contributed by atoms with E-state index in [4.69, 9.17) is 20.9 Å². The Morgan fingerprint density at radius 3 is 2.94 bits per heavy atom. The average molecular weight is 267 g/mol. The van der Waals surface area contributed by atoms with Gasteiger partial charge in [-0.25, -0.2) is 0 Å². The zero-order valence-corrected chi connectivity index (χ0v) is 11.0. The number of hydrogen-bond donors (Lipinski definition) is 0. The number of piperidine rings is 1. The zero-order valence-electron chi connectivity index (χ0n) is 10.2. The van der Waals surface area contributed by atoms with Gasteiger partial charge in [0.1, 0.15) is 6.10 Å². The number of benzene rings is 1. The fourth-order valence-electron chi connectivity index (χ4n) is 2.25. The summed E-state index contributed by atoms with van der Waals surface area (Å²) in [4.78, 5) is 2.30. The largest absolute Gasteiger partial charge is 0.472 e. The van der Waals surface area contributed by atoms with E-state index in [1.165, 1.54) is 0 Å². The smallest absolute Gasteiger partial charge is 0.262 e. The molecule has 0 bridgehead atoms. The minimum Gasteiger partial charge on any atom is -0.472 e. The molecule has 0 saturated carbocycles. The lowest BCUT2D eigenvalue weighted by molar-refractivity contribution is 0.107. The van der Waals surface area contributed by atoms with Crippen molar-refractivity contribution in [1.82, 2.24) is 10.1 Å². The van der Waals surface area contributed by atoms with Crippen LogP contribution in [0.2, 0.25) is 5.02 Å². The maximum absolute atomic E-state index is 6.04. The van der Waals surface area contributed by atoms with Crippen LogP contribution in [0.5, 0.6) is 5.88 Å². The van der Waals surface area contributed by atoms with E-state index in [2.05, 4.69) is 17.1 Å². The lowest BCUT2D eigenvalue weighted by Gasteiger charge is -2.28. The first-order chi connectivity index (χ1) is 8.74. The maximum Gasteiger partial charge on any atom is 0.262 e. The van der Waals surface area contributed by atoms with Gasteiger partial charge in [0.15, 0.2) is 5.58 Å². The van der Waals surface area contributed by atoms with Crippen molar-refractivity contribution in [3.63, 3.8) is 0 Å². The Bertz CT molecular complexity index is 547. The molecular formula is C13H15ClN2O2. The summed E-state index contributed by atoms with van der Waals surface area (Å²) in [5.41, 5.74) is 0.599. The minimum atomic E-state index is 0.216. The van der Waals surface area contributed by atoms with Gasteiger partial charge in [-0.05, 0) is 37.2 Å². The van der Waals surface area contributed by atoms with E-state index in [-0.39, 0.29) is 6.10 Å². The number of aromatic nitrogens is 1. The van der Waals surface area contributed by atoms with Crippen LogP contribution in [0, 0.1) is 0 Å². The third-order valence-electron chi connectivity index (χ3n) is 3.36. The van der Waals surface area contributed by atoms with Crippen molar-refractivity contribution >= 4 is 22.6 Å². The SMILES string of the molecule is CN1CCC(Oc2noc3c(Cl)cccc23)CC1. The number of ether oxygens (including phenoxy) is 1. The molecule has 5 heteroatoms.